The Morgan fingerprint density at radius 2 is 1.58 bits per heavy atom. The first-order valence-corrected chi connectivity index (χ1v) is 11.2. The summed E-state index contributed by atoms with van der Waals surface area (Å²) in [5, 5.41) is 0.667. The first-order valence-electron chi connectivity index (χ1n) is 10.8. The lowest BCUT2D eigenvalue weighted by Gasteiger charge is -2.47. The second kappa shape index (κ2) is 8.56. The van der Waals surface area contributed by atoms with Crippen LogP contribution in [0.5, 0.6) is 0 Å². The molecule has 0 radical (unpaired) electrons. The van der Waals surface area contributed by atoms with E-state index in [-0.39, 0.29) is 11.4 Å². The topological polar surface area (TPSA) is 30.0 Å². The lowest BCUT2D eigenvalue weighted by molar-refractivity contribution is -0.119. The van der Waals surface area contributed by atoms with Crippen molar-refractivity contribution in [2.24, 2.45) is 0 Å². The molecule has 31 heavy (non-hydrogen) atoms. The maximum Gasteiger partial charge on any atom is 0.275 e. The van der Waals surface area contributed by atoms with Gasteiger partial charge >= 0.3 is 0 Å². The smallest absolute Gasteiger partial charge is 0.275 e. The molecule has 0 bridgehead atoms. The molecule has 2 heterocycles. The molecule has 2 saturated heterocycles. The van der Waals surface area contributed by atoms with Crippen molar-refractivity contribution in [1.29, 1.82) is 0 Å². The lowest BCUT2D eigenvalue weighted by atomic mass is 9.95. The van der Waals surface area contributed by atoms with E-state index in [2.05, 4.69) is 53.8 Å². The number of para-hydroxylation sites is 1. The molecule has 2 aliphatic rings. The molecule has 0 aliphatic carbocycles. The Balaban J connectivity index is 1.71. The molecular formula is C25H31ClN4O. The van der Waals surface area contributed by atoms with E-state index in [1.54, 1.807) is 0 Å². The Morgan fingerprint density at radius 1 is 0.935 bits per heavy atom. The van der Waals surface area contributed by atoms with Gasteiger partial charge in [-0.1, -0.05) is 29.8 Å². The average molecular weight is 439 g/mol. The monoisotopic (exact) mass is 438 g/mol. The Kier molecular flexibility index (Phi) is 6.00. The van der Waals surface area contributed by atoms with Crippen molar-refractivity contribution >= 4 is 35.0 Å². The fourth-order valence-corrected chi connectivity index (χ4v) is 4.74. The van der Waals surface area contributed by atoms with E-state index in [0.717, 1.165) is 44.0 Å². The zero-order valence-electron chi connectivity index (χ0n) is 18.8. The van der Waals surface area contributed by atoms with Crippen LogP contribution < -0.4 is 9.80 Å². The molecule has 2 aliphatic heterocycles. The summed E-state index contributed by atoms with van der Waals surface area (Å²) in [5.41, 5.74) is 3.50. The minimum Gasteiger partial charge on any atom is -0.368 e. The van der Waals surface area contributed by atoms with Gasteiger partial charge in [0.15, 0.2) is 0 Å². The SMILES string of the molecule is CN1CCN(c2ccccc2/C=C2/C(=O)N(c3ccc(Cl)cc3)C(C)(C)CN2C)CC1. The van der Waals surface area contributed by atoms with Crippen molar-refractivity contribution in [3.63, 3.8) is 0 Å². The van der Waals surface area contributed by atoms with E-state index in [9.17, 15) is 4.79 Å². The molecule has 1 amide bonds. The van der Waals surface area contributed by atoms with Gasteiger partial charge in [0, 0.05) is 61.7 Å². The Morgan fingerprint density at radius 3 is 2.26 bits per heavy atom. The van der Waals surface area contributed by atoms with Crippen molar-refractivity contribution in [1.82, 2.24) is 9.80 Å². The van der Waals surface area contributed by atoms with Crippen LogP contribution in [-0.2, 0) is 4.79 Å². The molecule has 2 fully saturated rings. The van der Waals surface area contributed by atoms with Crippen molar-refractivity contribution in [2.75, 3.05) is 56.6 Å². The Hall–Kier alpha value is -2.50. The second-order valence-corrected chi connectivity index (χ2v) is 9.60. The number of hydrogen-bond donors (Lipinski definition) is 0. The fourth-order valence-electron chi connectivity index (χ4n) is 4.61. The summed E-state index contributed by atoms with van der Waals surface area (Å²) in [4.78, 5) is 22.5. The summed E-state index contributed by atoms with van der Waals surface area (Å²) in [6.45, 7) is 9.01. The van der Waals surface area contributed by atoms with Gasteiger partial charge in [0.05, 0.1) is 5.54 Å². The number of carbonyl (C=O) groups excluding carboxylic acids is 1. The Bertz CT molecular complexity index is 977. The van der Waals surface area contributed by atoms with Gasteiger partial charge in [-0.25, -0.2) is 0 Å². The van der Waals surface area contributed by atoms with Gasteiger partial charge in [0.2, 0.25) is 0 Å². The van der Waals surface area contributed by atoms with Crippen LogP contribution in [-0.4, -0.2) is 68.1 Å². The zero-order valence-corrected chi connectivity index (χ0v) is 19.6. The highest BCUT2D eigenvalue weighted by Crippen LogP contribution is 2.34. The van der Waals surface area contributed by atoms with Gasteiger partial charge in [0.25, 0.3) is 5.91 Å². The minimum atomic E-state index is -0.339. The predicted molar refractivity (Wildman–Crippen MR) is 130 cm³/mol. The van der Waals surface area contributed by atoms with Crippen LogP contribution in [0.1, 0.15) is 19.4 Å². The number of nitrogens with zero attached hydrogens (tertiary/aromatic N) is 4. The molecule has 0 unspecified atom stereocenters. The van der Waals surface area contributed by atoms with Gasteiger partial charge in [-0.3, -0.25) is 9.69 Å². The number of halogens is 1. The number of piperazine rings is 2. The third-order valence-electron chi connectivity index (χ3n) is 6.22. The third kappa shape index (κ3) is 4.43. The van der Waals surface area contributed by atoms with E-state index >= 15 is 0 Å². The Labute approximate surface area is 190 Å². The van der Waals surface area contributed by atoms with Crippen LogP contribution in [0.2, 0.25) is 5.02 Å². The van der Waals surface area contributed by atoms with Crippen LogP contribution in [0.4, 0.5) is 11.4 Å². The predicted octanol–water partition coefficient (Wildman–Crippen LogP) is 4.19. The van der Waals surface area contributed by atoms with Crippen LogP contribution in [0.15, 0.2) is 54.2 Å². The van der Waals surface area contributed by atoms with Crippen LogP contribution >= 0.6 is 11.6 Å². The van der Waals surface area contributed by atoms with Gasteiger partial charge < -0.3 is 14.7 Å². The molecule has 164 valence electrons. The number of likely N-dealkylation sites (N-methyl/N-ethyl adjacent to an activating group) is 2. The molecule has 6 heteroatoms. The molecular weight excluding hydrogens is 408 g/mol. The summed E-state index contributed by atoms with van der Waals surface area (Å²) in [6, 6.07) is 15.9. The number of hydrogen-bond acceptors (Lipinski definition) is 4. The highest BCUT2D eigenvalue weighted by atomic mass is 35.5. The second-order valence-electron chi connectivity index (χ2n) is 9.16. The first kappa shape index (κ1) is 21.7. The van der Waals surface area contributed by atoms with Gasteiger partial charge in [0.1, 0.15) is 5.70 Å². The van der Waals surface area contributed by atoms with E-state index in [4.69, 9.17) is 11.6 Å². The summed E-state index contributed by atoms with van der Waals surface area (Å²) in [6.07, 6.45) is 2.05. The van der Waals surface area contributed by atoms with Crippen LogP contribution in [0.3, 0.4) is 0 Å². The summed E-state index contributed by atoms with van der Waals surface area (Å²) in [7, 11) is 4.16. The number of amides is 1. The third-order valence-corrected chi connectivity index (χ3v) is 6.47. The molecule has 0 spiro atoms. The van der Waals surface area contributed by atoms with Crippen LogP contribution in [0.25, 0.3) is 6.08 Å². The number of carbonyl (C=O) groups is 1. The largest absolute Gasteiger partial charge is 0.368 e. The number of benzene rings is 2. The quantitative estimate of drug-likeness (QED) is 0.672. The molecule has 4 rings (SSSR count). The van der Waals surface area contributed by atoms with E-state index in [1.165, 1.54) is 5.69 Å². The molecule has 2 aromatic carbocycles. The average Bonchev–Trinajstić information content (AvgIpc) is 2.73. The molecule has 5 nitrogen and oxygen atoms in total. The van der Waals surface area contributed by atoms with E-state index in [0.29, 0.717) is 10.7 Å². The van der Waals surface area contributed by atoms with Gasteiger partial charge in [-0.05, 0) is 57.3 Å². The van der Waals surface area contributed by atoms with Crippen molar-refractivity contribution in [3.05, 3.63) is 64.8 Å². The maximum atomic E-state index is 13.7. The van der Waals surface area contributed by atoms with Crippen molar-refractivity contribution in [3.8, 4) is 0 Å². The van der Waals surface area contributed by atoms with Gasteiger partial charge in [-0.15, -0.1) is 0 Å². The van der Waals surface area contributed by atoms with Crippen LogP contribution in [0, 0.1) is 0 Å². The maximum absolute atomic E-state index is 13.7. The number of anilines is 2. The van der Waals surface area contributed by atoms with Gasteiger partial charge in [-0.2, -0.15) is 0 Å². The normalized spacial score (nSPS) is 21.1. The zero-order chi connectivity index (χ0) is 22.2. The molecule has 0 saturated carbocycles. The standard InChI is InChI=1S/C25H31ClN4O/c1-25(2)18-28(4)23(24(31)30(25)21-11-9-20(26)10-12-21)17-19-7-5-6-8-22(19)29-15-13-27(3)14-16-29/h5-12,17H,13-16,18H2,1-4H3/b23-17-. The summed E-state index contributed by atoms with van der Waals surface area (Å²) < 4.78 is 0. The number of rotatable bonds is 3. The minimum absolute atomic E-state index is 0.00857. The highest BCUT2D eigenvalue weighted by molar-refractivity contribution is 6.30. The summed E-state index contributed by atoms with van der Waals surface area (Å²) >= 11 is 6.09. The first-order chi connectivity index (χ1) is 14.8. The summed E-state index contributed by atoms with van der Waals surface area (Å²) in [5.74, 6) is 0.00857. The molecule has 2 aromatic rings. The van der Waals surface area contributed by atoms with Crippen molar-refractivity contribution < 1.29 is 4.79 Å². The molecule has 0 aromatic heterocycles. The molecule has 0 atom stereocenters. The van der Waals surface area contributed by atoms with Crippen molar-refractivity contribution in [2.45, 2.75) is 19.4 Å². The fraction of sp³-hybridized carbons (Fsp3) is 0.400. The lowest BCUT2D eigenvalue weighted by Crippen LogP contribution is -2.60. The molecule has 0 N–H and O–H groups in total. The highest BCUT2D eigenvalue weighted by Gasteiger charge is 2.41. The van der Waals surface area contributed by atoms with E-state index < -0.39 is 0 Å². The van der Waals surface area contributed by atoms with E-state index in [1.807, 2.05) is 48.4 Å².